The summed E-state index contributed by atoms with van der Waals surface area (Å²) in [6.45, 7) is 6.79. The van der Waals surface area contributed by atoms with Crippen molar-refractivity contribution >= 4 is 45.0 Å². The Morgan fingerprint density at radius 3 is 2.67 bits per heavy atom. The second-order valence-electron chi connectivity index (χ2n) is 6.06. The van der Waals surface area contributed by atoms with Crippen molar-refractivity contribution in [2.24, 2.45) is 0 Å². The van der Waals surface area contributed by atoms with Crippen LogP contribution in [0.15, 0.2) is 29.6 Å². The van der Waals surface area contributed by atoms with E-state index in [1.165, 1.54) is 11.3 Å². The van der Waals surface area contributed by atoms with E-state index in [4.69, 9.17) is 4.74 Å². The number of nitrogens with one attached hydrogen (secondary N) is 1. The lowest BCUT2D eigenvalue weighted by Crippen LogP contribution is -2.44. The highest BCUT2D eigenvalue weighted by molar-refractivity contribution is 14.1. The molecule has 24 heavy (non-hydrogen) atoms. The van der Waals surface area contributed by atoms with E-state index in [0.29, 0.717) is 10.7 Å². The molecule has 0 unspecified atom stereocenters. The Labute approximate surface area is 159 Å². The largest absolute Gasteiger partial charge is 0.373 e. The van der Waals surface area contributed by atoms with E-state index in [2.05, 4.69) is 51.6 Å². The van der Waals surface area contributed by atoms with Gasteiger partial charge in [-0.05, 0) is 60.7 Å². The number of aromatic nitrogens is 1. The van der Waals surface area contributed by atoms with Gasteiger partial charge in [0.1, 0.15) is 0 Å². The molecule has 0 saturated carbocycles. The number of anilines is 1. The minimum atomic E-state index is -0.124. The van der Waals surface area contributed by atoms with Crippen molar-refractivity contribution in [2.75, 3.05) is 18.4 Å². The minimum absolute atomic E-state index is 0.124. The number of nitrogens with zero attached hydrogens (tertiary/aromatic N) is 2. The summed E-state index contributed by atoms with van der Waals surface area (Å²) in [5.74, 6) is -0.124. The number of ether oxygens (including phenoxy) is 1. The number of hydrogen-bond donors (Lipinski definition) is 1. The maximum absolute atomic E-state index is 12.2. The number of carbonyl (C=O) groups excluding carboxylic acids is 1. The molecule has 1 fully saturated rings. The van der Waals surface area contributed by atoms with Crippen molar-refractivity contribution in [1.29, 1.82) is 0 Å². The second-order valence-corrected chi connectivity index (χ2v) is 8.16. The summed E-state index contributed by atoms with van der Waals surface area (Å²) in [4.78, 5) is 19.1. The fourth-order valence-corrected chi connectivity index (χ4v) is 3.91. The Bertz CT molecular complexity index is 694. The summed E-state index contributed by atoms with van der Waals surface area (Å²) in [6.07, 6.45) is 0.486. The zero-order valence-electron chi connectivity index (χ0n) is 13.7. The molecule has 2 heterocycles. The van der Waals surface area contributed by atoms with Gasteiger partial charge in [0, 0.05) is 34.1 Å². The van der Waals surface area contributed by atoms with Crippen molar-refractivity contribution in [3.8, 4) is 0 Å². The van der Waals surface area contributed by atoms with Crippen molar-refractivity contribution < 1.29 is 9.53 Å². The summed E-state index contributed by atoms with van der Waals surface area (Å²) < 4.78 is 6.86. The highest BCUT2D eigenvalue weighted by atomic mass is 127. The molecule has 3 rings (SSSR count). The van der Waals surface area contributed by atoms with Crippen LogP contribution in [0, 0.1) is 3.57 Å². The van der Waals surface area contributed by atoms with E-state index >= 15 is 0 Å². The zero-order valence-corrected chi connectivity index (χ0v) is 16.6. The van der Waals surface area contributed by atoms with Gasteiger partial charge in [0.25, 0.3) is 5.91 Å². The molecule has 7 heteroatoms. The molecule has 0 aliphatic carbocycles. The first kappa shape index (κ1) is 17.8. The third-order valence-corrected chi connectivity index (χ3v) is 5.29. The van der Waals surface area contributed by atoms with E-state index in [-0.39, 0.29) is 18.1 Å². The number of hydrogen-bond acceptors (Lipinski definition) is 5. The summed E-state index contributed by atoms with van der Waals surface area (Å²) >= 11 is 3.68. The molecule has 1 amide bonds. The molecule has 0 bridgehead atoms. The number of rotatable bonds is 4. The molecule has 0 spiro atoms. The van der Waals surface area contributed by atoms with Gasteiger partial charge in [-0.25, -0.2) is 4.98 Å². The van der Waals surface area contributed by atoms with Crippen LogP contribution in [0.5, 0.6) is 0 Å². The summed E-state index contributed by atoms with van der Waals surface area (Å²) in [5.41, 5.74) is 1.63. The maximum Gasteiger partial charge on any atom is 0.257 e. The lowest BCUT2D eigenvalue weighted by Gasteiger charge is -2.34. The number of carbonyl (C=O) groups is 1. The summed E-state index contributed by atoms with van der Waals surface area (Å²) in [6, 6.07) is 7.48. The molecule has 128 valence electrons. The van der Waals surface area contributed by atoms with Crippen LogP contribution < -0.4 is 5.32 Å². The number of thiazole rings is 1. The Kier molecular flexibility index (Phi) is 5.85. The number of amides is 1. The summed E-state index contributed by atoms with van der Waals surface area (Å²) in [5, 5.41) is 5.53. The van der Waals surface area contributed by atoms with Gasteiger partial charge < -0.3 is 4.74 Å². The smallest absolute Gasteiger partial charge is 0.257 e. The number of halogens is 1. The van der Waals surface area contributed by atoms with Crippen LogP contribution in [0.2, 0.25) is 0 Å². The molecule has 1 saturated heterocycles. The lowest BCUT2D eigenvalue weighted by molar-refractivity contribution is -0.0707. The zero-order chi connectivity index (χ0) is 17.1. The Morgan fingerprint density at radius 1 is 1.33 bits per heavy atom. The van der Waals surface area contributed by atoms with E-state index < -0.39 is 0 Å². The second kappa shape index (κ2) is 7.90. The van der Waals surface area contributed by atoms with E-state index in [0.717, 1.165) is 28.9 Å². The third kappa shape index (κ3) is 4.75. The first-order valence-electron chi connectivity index (χ1n) is 7.89. The summed E-state index contributed by atoms with van der Waals surface area (Å²) in [7, 11) is 0. The van der Waals surface area contributed by atoms with Crippen LogP contribution >= 0.6 is 33.9 Å². The molecule has 2 aromatic rings. The topological polar surface area (TPSA) is 54.5 Å². The van der Waals surface area contributed by atoms with Crippen LogP contribution in [0.1, 0.15) is 29.9 Å². The molecule has 1 aromatic carbocycles. The van der Waals surface area contributed by atoms with Gasteiger partial charge in [-0.2, -0.15) is 0 Å². The Hall–Kier alpha value is -1.03. The maximum atomic E-state index is 12.2. The van der Waals surface area contributed by atoms with Crippen molar-refractivity contribution in [1.82, 2.24) is 9.88 Å². The quantitative estimate of drug-likeness (QED) is 0.713. The van der Waals surface area contributed by atoms with Gasteiger partial charge in [-0.1, -0.05) is 0 Å². The van der Waals surface area contributed by atoms with Crippen LogP contribution in [0.25, 0.3) is 0 Å². The SMILES string of the molecule is C[C@@H]1CN(Cc2csc(NC(=O)c3ccc(I)cc3)n2)C[C@@H](C)O1. The van der Waals surface area contributed by atoms with Crippen LogP contribution in [-0.4, -0.2) is 41.1 Å². The van der Waals surface area contributed by atoms with Gasteiger partial charge in [0.15, 0.2) is 5.13 Å². The number of benzene rings is 1. The van der Waals surface area contributed by atoms with E-state index in [9.17, 15) is 4.79 Å². The molecule has 1 aliphatic heterocycles. The highest BCUT2D eigenvalue weighted by Gasteiger charge is 2.22. The lowest BCUT2D eigenvalue weighted by atomic mass is 10.2. The Balaban J connectivity index is 1.59. The monoisotopic (exact) mass is 457 g/mol. The molecule has 1 aromatic heterocycles. The molecule has 5 nitrogen and oxygen atoms in total. The van der Waals surface area contributed by atoms with Crippen molar-refractivity contribution in [3.05, 3.63) is 44.5 Å². The average Bonchev–Trinajstić information content (AvgIpc) is 2.93. The first-order valence-corrected chi connectivity index (χ1v) is 9.84. The van der Waals surface area contributed by atoms with Gasteiger partial charge in [-0.15, -0.1) is 11.3 Å². The van der Waals surface area contributed by atoms with Crippen molar-refractivity contribution in [2.45, 2.75) is 32.6 Å². The van der Waals surface area contributed by atoms with Gasteiger partial charge in [-0.3, -0.25) is 15.0 Å². The highest BCUT2D eigenvalue weighted by Crippen LogP contribution is 2.20. The third-order valence-electron chi connectivity index (χ3n) is 3.76. The molecule has 2 atom stereocenters. The standard InChI is InChI=1S/C17H20IN3O2S/c1-11-7-21(8-12(2)23-11)9-15-10-24-17(19-15)20-16(22)13-3-5-14(18)6-4-13/h3-6,10-12H,7-9H2,1-2H3,(H,19,20,22)/t11-,12-/m1/s1. The predicted octanol–water partition coefficient (Wildman–Crippen LogP) is 3.61. The molecular formula is C17H20IN3O2S. The fourth-order valence-electron chi connectivity index (χ4n) is 2.85. The first-order chi connectivity index (χ1) is 11.5. The number of morpholine rings is 1. The van der Waals surface area contributed by atoms with Crippen LogP contribution in [0.4, 0.5) is 5.13 Å². The molecular weight excluding hydrogens is 437 g/mol. The van der Waals surface area contributed by atoms with Crippen molar-refractivity contribution in [3.63, 3.8) is 0 Å². The average molecular weight is 457 g/mol. The van der Waals surface area contributed by atoms with Gasteiger partial charge >= 0.3 is 0 Å². The van der Waals surface area contributed by atoms with Crippen LogP contribution in [-0.2, 0) is 11.3 Å². The molecule has 0 radical (unpaired) electrons. The predicted molar refractivity (Wildman–Crippen MR) is 105 cm³/mol. The normalized spacial score (nSPS) is 21.6. The fraction of sp³-hybridized carbons (Fsp3) is 0.412. The molecule has 1 N–H and O–H groups in total. The minimum Gasteiger partial charge on any atom is -0.373 e. The Morgan fingerprint density at radius 2 is 2.00 bits per heavy atom. The van der Waals surface area contributed by atoms with Gasteiger partial charge in [0.05, 0.1) is 17.9 Å². The van der Waals surface area contributed by atoms with E-state index in [1.54, 1.807) is 0 Å². The van der Waals surface area contributed by atoms with Gasteiger partial charge in [0.2, 0.25) is 0 Å². The van der Waals surface area contributed by atoms with E-state index in [1.807, 2.05) is 29.6 Å². The molecule has 1 aliphatic rings. The van der Waals surface area contributed by atoms with Crippen LogP contribution in [0.3, 0.4) is 0 Å².